The van der Waals surface area contributed by atoms with Crippen molar-refractivity contribution in [1.82, 2.24) is 4.90 Å². The minimum atomic E-state index is -1.06. The Labute approximate surface area is 125 Å². The van der Waals surface area contributed by atoms with E-state index < -0.39 is 5.97 Å². The molecule has 1 heterocycles. The number of carbonyl (C=O) groups is 2. The van der Waals surface area contributed by atoms with Gasteiger partial charge in [-0.05, 0) is 20.3 Å². The highest BCUT2D eigenvalue weighted by Crippen LogP contribution is 2.19. The molecule has 0 saturated heterocycles. The Morgan fingerprint density at radius 1 is 1.29 bits per heavy atom. The molecule has 0 bridgehead atoms. The zero-order chi connectivity index (χ0) is 16.0. The number of nitrogens with zero attached hydrogens (tertiary/aromatic N) is 1. The molecule has 0 aliphatic heterocycles. The summed E-state index contributed by atoms with van der Waals surface area (Å²) in [6.07, 6.45) is 3.54. The third kappa shape index (κ3) is 4.34. The molecule has 5 heteroatoms. The van der Waals surface area contributed by atoms with Gasteiger partial charge in [0.1, 0.15) is 11.3 Å². The molecule has 118 valence electrons. The number of hydrogen-bond donors (Lipinski definition) is 1. The lowest BCUT2D eigenvalue weighted by molar-refractivity contribution is 0.0664. The highest BCUT2D eigenvalue weighted by molar-refractivity contribution is 5.96. The monoisotopic (exact) mass is 295 g/mol. The highest BCUT2D eigenvalue weighted by atomic mass is 16.4. The van der Waals surface area contributed by atoms with Gasteiger partial charge in [-0.3, -0.25) is 4.79 Å². The summed E-state index contributed by atoms with van der Waals surface area (Å²) in [5.41, 5.74) is 0.0816. The Morgan fingerprint density at radius 2 is 1.95 bits per heavy atom. The fraction of sp³-hybridized carbons (Fsp3) is 0.625. The van der Waals surface area contributed by atoms with Gasteiger partial charge >= 0.3 is 5.97 Å². The zero-order valence-corrected chi connectivity index (χ0v) is 13.3. The molecule has 5 nitrogen and oxygen atoms in total. The van der Waals surface area contributed by atoms with Crippen molar-refractivity contribution in [2.45, 2.75) is 59.4 Å². The number of unbranched alkanes of at least 4 members (excludes halogenated alkanes) is 2. The predicted octanol–water partition coefficient (Wildman–Crippen LogP) is 3.58. The van der Waals surface area contributed by atoms with Crippen LogP contribution in [0.2, 0.25) is 0 Å². The topological polar surface area (TPSA) is 70.8 Å². The normalized spacial score (nSPS) is 10.9. The molecule has 0 aromatic carbocycles. The van der Waals surface area contributed by atoms with Crippen molar-refractivity contribution in [2.24, 2.45) is 0 Å². The molecular weight excluding hydrogens is 270 g/mol. The van der Waals surface area contributed by atoms with Crippen LogP contribution in [0.25, 0.3) is 0 Å². The Bertz CT molecular complexity index is 490. The summed E-state index contributed by atoms with van der Waals surface area (Å²) in [4.78, 5) is 25.4. The van der Waals surface area contributed by atoms with Crippen LogP contribution in [0.3, 0.4) is 0 Å². The van der Waals surface area contributed by atoms with Crippen LogP contribution in [0, 0.1) is 0 Å². The van der Waals surface area contributed by atoms with Crippen LogP contribution in [0.15, 0.2) is 10.5 Å². The lowest BCUT2D eigenvalue weighted by atomic mass is 10.2. The van der Waals surface area contributed by atoms with Crippen LogP contribution < -0.4 is 0 Å². The van der Waals surface area contributed by atoms with Gasteiger partial charge in [-0.25, -0.2) is 4.79 Å². The Hall–Kier alpha value is -1.78. The number of aromatic carboxylic acids is 1. The molecule has 1 N–H and O–H groups in total. The number of furan rings is 1. The largest absolute Gasteiger partial charge is 0.478 e. The summed E-state index contributed by atoms with van der Waals surface area (Å²) in [5.74, 6) is -0.822. The van der Waals surface area contributed by atoms with Crippen molar-refractivity contribution in [3.05, 3.63) is 23.2 Å². The number of hydrogen-bond acceptors (Lipinski definition) is 3. The molecule has 0 radical (unpaired) electrons. The fourth-order valence-corrected chi connectivity index (χ4v) is 2.25. The molecule has 1 aromatic rings. The second-order valence-corrected chi connectivity index (χ2v) is 5.41. The summed E-state index contributed by atoms with van der Waals surface area (Å²) in [6, 6.07) is 1.40. The number of carboxylic acid groups (broad SMARTS) is 1. The second-order valence-electron chi connectivity index (χ2n) is 5.41. The van der Waals surface area contributed by atoms with Gasteiger partial charge in [-0.15, -0.1) is 0 Å². The van der Waals surface area contributed by atoms with E-state index >= 15 is 0 Å². The maximum Gasteiger partial charge on any atom is 0.339 e. The predicted molar refractivity (Wildman–Crippen MR) is 80.7 cm³/mol. The van der Waals surface area contributed by atoms with Crippen molar-refractivity contribution >= 4 is 11.9 Å². The average molecular weight is 295 g/mol. The summed E-state index contributed by atoms with van der Waals surface area (Å²) >= 11 is 0. The van der Waals surface area contributed by atoms with Crippen molar-refractivity contribution in [2.75, 3.05) is 6.54 Å². The molecule has 0 atom stereocenters. The van der Waals surface area contributed by atoms with Crippen LogP contribution in [-0.2, 0) is 6.42 Å². The first-order valence-electron chi connectivity index (χ1n) is 7.59. The van der Waals surface area contributed by atoms with Gasteiger partial charge in [0, 0.05) is 25.1 Å². The van der Waals surface area contributed by atoms with E-state index in [2.05, 4.69) is 6.92 Å². The maximum atomic E-state index is 12.5. The first-order chi connectivity index (χ1) is 9.92. The fourth-order valence-electron chi connectivity index (χ4n) is 2.25. The third-order valence-electron chi connectivity index (χ3n) is 3.46. The van der Waals surface area contributed by atoms with Crippen LogP contribution in [0.4, 0.5) is 0 Å². The van der Waals surface area contributed by atoms with E-state index in [9.17, 15) is 9.59 Å². The molecule has 0 aliphatic carbocycles. The molecule has 1 rings (SSSR count). The Morgan fingerprint density at radius 3 is 2.38 bits per heavy atom. The smallest absolute Gasteiger partial charge is 0.339 e. The highest BCUT2D eigenvalue weighted by Gasteiger charge is 2.25. The van der Waals surface area contributed by atoms with Crippen molar-refractivity contribution in [3.8, 4) is 0 Å². The number of rotatable bonds is 8. The standard InChI is InChI=1S/C16H25NO4/c1-5-7-8-9-17(11(3)4)15(18)14-10-12(16(19)20)13(6-2)21-14/h10-11H,5-9H2,1-4H3,(H,19,20). The van der Waals surface area contributed by atoms with E-state index in [0.717, 1.165) is 19.3 Å². The summed E-state index contributed by atoms with van der Waals surface area (Å²) in [7, 11) is 0. The average Bonchev–Trinajstić information content (AvgIpc) is 2.87. The Kier molecular flexibility index (Phi) is 6.46. The van der Waals surface area contributed by atoms with E-state index in [1.165, 1.54) is 6.07 Å². The van der Waals surface area contributed by atoms with Gasteiger partial charge in [0.2, 0.25) is 0 Å². The lowest BCUT2D eigenvalue weighted by Crippen LogP contribution is -2.37. The van der Waals surface area contributed by atoms with Crippen LogP contribution >= 0.6 is 0 Å². The van der Waals surface area contributed by atoms with Crippen molar-refractivity contribution < 1.29 is 19.1 Å². The molecule has 0 aliphatic rings. The van der Waals surface area contributed by atoms with Gasteiger partial charge in [0.25, 0.3) is 5.91 Å². The van der Waals surface area contributed by atoms with Crippen molar-refractivity contribution in [1.29, 1.82) is 0 Å². The number of carbonyl (C=O) groups excluding carboxylic acids is 1. The SMILES string of the molecule is CCCCCN(C(=O)c1cc(C(=O)O)c(CC)o1)C(C)C. The zero-order valence-electron chi connectivity index (χ0n) is 13.3. The maximum absolute atomic E-state index is 12.5. The van der Waals surface area contributed by atoms with Gasteiger partial charge in [0.15, 0.2) is 5.76 Å². The van der Waals surface area contributed by atoms with Gasteiger partial charge in [0.05, 0.1) is 0 Å². The molecular formula is C16H25NO4. The van der Waals surface area contributed by atoms with E-state index in [4.69, 9.17) is 9.52 Å². The van der Waals surface area contributed by atoms with E-state index in [1.807, 2.05) is 13.8 Å². The molecule has 21 heavy (non-hydrogen) atoms. The molecule has 0 unspecified atom stereocenters. The number of amides is 1. The Balaban J connectivity index is 2.95. The molecule has 0 spiro atoms. The van der Waals surface area contributed by atoms with Gasteiger partial charge < -0.3 is 14.4 Å². The quantitative estimate of drug-likeness (QED) is 0.744. The van der Waals surface area contributed by atoms with Crippen LogP contribution in [0.5, 0.6) is 0 Å². The van der Waals surface area contributed by atoms with Crippen LogP contribution in [-0.4, -0.2) is 34.5 Å². The molecule has 1 amide bonds. The van der Waals surface area contributed by atoms with Gasteiger partial charge in [-0.1, -0.05) is 26.7 Å². The second kappa shape index (κ2) is 7.86. The molecule has 1 aromatic heterocycles. The molecule has 0 saturated carbocycles. The minimum Gasteiger partial charge on any atom is -0.478 e. The van der Waals surface area contributed by atoms with Crippen molar-refractivity contribution in [3.63, 3.8) is 0 Å². The summed E-state index contributed by atoms with van der Waals surface area (Å²) in [6.45, 7) is 8.48. The first-order valence-corrected chi connectivity index (χ1v) is 7.59. The van der Waals surface area contributed by atoms with E-state index in [0.29, 0.717) is 18.7 Å². The minimum absolute atomic E-state index is 0.0535. The third-order valence-corrected chi connectivity index (χ3v) is 3.46. The van der Waals surface area contributed by atoms with Crippen LogP contribution in [0.1, 0.15) is 73.6 Å². The first kappa shape index (κ1) is 17.3. The van der Waals surface area contributed by atoms with E-state index in [1.54, 1.807) is 11.8 Å². The van der Waals surface area contributed by atoms with Gasteiger partial charge in [-0.2, -0.15) is 0 Å². The summed E-state index contributed by atoms with van der Waals surface area (Å²) < 4.78 is 5.45. The molecule has 0 fully saturated rings. The van der Waals surface area contributed by atoms with E-state index in [-0.39, 0.29) is 23.3 Å². The number of carboxylic acids is 1. The lowest BCUT2D eigenvalue weighted by Gasteiger charge is -2.25. The summed E-state index contributed by atoms with van der Waals surface area (Å²) in [5, 5.41) is 9.13. The number of aryl methyl sites for hydroxylation is 1.